The number of phosphoric ester groups is 1. The third-order valence-electron chi connectivity index (χ3n) is 16.3. The van der Waals surface area contributed by atoms with Crippen molar-refractivity contribution in [1.82, 2.24) is 5.32 Å². The molecule has 0 rings (SSSR count). The lowest BCUT2D eigenvalue weighted by Crippen LogP contribution is -2.45. The maximum Gasteiger partial charge on any atom is 0.268 e. The van der Waals surface area contributed by atoms with Crippen molar-refractivity contribution in [3.63, 3.8) is 0 Å². The first kappa shape index (κ1) is 78.7. The van der Waals surface area contributed by atoms with Crippen LogP contribution in [0.4, 0.5) is 0 Å². The molecule has 0 aliphatic heterocycles. The molecule has 474 valence electrons. The van der Waals surface area contributed by atoms with Gasteiger partial charge in [-0.3, -0.25) is 9.36 Å². The van der Waals surface area contributed by atoms with Gasteiger partial charge in [-0.25, -0.2) is 0 Å². The van der Waals surface area contributed by atoms with E-state index in [4.69, 9.17) is 9.05 Å². The summed E-state index contributed by atoms with van der Waals surface area (Å²) in [6.45, 7) is 4.71. The maximum atomic E-state index is 13.0. The molecule has 0 fully saturated rings. The van der Waals surface area contributed by atoms with Crippen LogP contribution in [0.25, 0.3) is 0 Å². The molecule has 1 amide bonds. The molecule has 3 atom stereocenters. The second-order valence-electron chi connectivity index (χ2n) is 25.6. The molecule has 0 radical (unpaired) electrons. The van der Waals surface area contributed by atoms with Crippen LogP contribution in [0.3, 0.4) is 0 Å². The number of allylic oxidation sites excluding steroid dienone is 5. The third-order valence-corrected chi connectivity index (χ3v) is 17.3. The predicted molar refractivity (Wildman–Crippen MR) is 348 cm³/mol. The fourth-order valence-electron chi connectivity index (χ4n) is 10.8. The van der Waals surface area contributed by atoms with E-state index in [1.54, 1.807) is 6.08 Å². The van der Waals surface area contributed by atoms with E-state index < -0.39 is 20.0 Å². The Balaban J connectivity index is 4.03. The van der Waals surface area contributed by atoms with Gasteiger partial charge in [-0.15, -0.1) is 0 Å². The second-order valence-corrected chi connectivity index (χ2v) is 27.0. The summed E-state index contributed by atoms with van der Waals surface area (Å²) < 4.78 is 23.5. The average Bonchev–Trinajstić information content (AvgIpc) is 3.42. The highest BCUT2D eigenvalue weighted by Gasteiger charge is 2.23. The lowest BCUT2D eigenvalue weighted by molar-refractivity contribution is -0.870. The van der Waals surface area contributed by atoms with Gasteiger partial charge in [0, 0.05) is 6.42 Å². The summed E-state index contributed by atoms with van der Waals surface area (Å²) >= 11 is 0. The zero-order chi connectivity index (χ0) is 58.4. The molecule has 2 N–H and O–H groups in total. The minimum absolute atomic E-state index is 0.000786. The quantitative estimate of drug-likeness (QED) is 0.0272. The molecular weight excluding hydrogens is 1010 g/mol. The van der Waals surface area contributed by atoms with Crippen LogP contribution in [0, 0.1) is 0 Å². The van der Waals surface area contributed by atoms with E-state index in [0.29, 0.717) is 17.4 Å². The van der Waals surface area contributed by atoms with E-state index in [0.717, 1.165) is 44.9 Å². The molecule has 0 bridgehead atoms. The lowest BCUT2D eigenvalue weighted by Gasteiger charge is -2.29. The predicted octanol–water partition coefficient (Wildman–Crippen LogP) is 21.8. The van der Waals surface area contributed by atoms with Crippen molar-refractivity contribution in [2.75, 3.05) is 40.9 Å². The highest BCUT2D eigenvalue weighted by Crippen LogP contribution is 2.38. The first-order valence-corrected chi connectivity index (χ1v) is 36.8. The second kappa shape index (κ2) is 62.3. The summed E-state index contributed by atoms with van der Waals surface area (Å²) in [5.41, 5.74) is 0. The van der Waals surface area contributed by atoms with Crippen LogP contribution in [0.2, 0.25) is 0 Å². The van der Waals surface area contributed by atoms with Crippen molar-refractivity contribution in [2.45, 2.75) is 373 Å². The standard InChI is InChI=1S/C71H139N2O6P/c1-6-8-10-12-14-16-18-20-22-24-26-28-30-32-33-34-35-36-37-38-39-41-43-45-47-49-51-53-55-57-59-61-63-65-71(75)72-69(68-79-80(76,77)78-67-66-73(3,4)5)70(74)64-62-60-58-56-54-52-50-48-46-44-42-40-31-29-27-25-23-21-19-17-15-13-11-9-7-2/h26,28,32-33,62,64,69-70,74H,6-25,27,29-31,34-61,63,65-68H2,1-5H3,(H-,72,75,76,77)/b28-26-,33-32-,64-62+. The van der Waals surface area contributed by atoms with E-state index >= 15 is 0 Å². The van der Waals surface area contributed by atoms with Crippen molar-refractivity contribution in [3.8, 4) is 0 Å². The summed E-state index contributed by atoms with van der Waals surface area (Å²) in [4.78, 5) is 25.6. The molecule has 0 aromatic carbocycles. The number of hydrogen-bond donors (Lipinski definition) is 2. The molecule has 0 aromatic heterocycles. The van der Waals surface area contributed by atoms with E-state index in [-0.39, 0.29) is 19.1 Å². The van der Waals surface area contributed by atoms with Crippen molar-refractivity contribution in [2.24, 2.45) is 0 Å². The number of aliphatic hydroxyl groups excluding tert-OH is 1. The van der Waals surface area contributed by atoms with Gasteiger partial charge >= 0.3 is 0 Å². The highest BCUT2D eigenvalue weighted by atomic mass is 31.2. The monoisotopic (exact) mass is 1150 g/mol. The number of nitrogens with one attached hydrogen (secondary N) is 1. The van der Waals surface area contributed by atoms with Crippen LogP contribution in [0.15, 0.2) is 36.5 Å². The van der Waals surface area contributed by atoms with Crippen molar-refractivity contribution in [1.29, 1.82) is 0 Å². The van der Waals surface area contributed by atoms with Crippen molar-refractivity contribution >= 4 is 13.7 Å². The molecular formula is C71H139N2O6P. The first-order chi connectivity index (χ1) is 39.0. The Morgan fingerprint density at radius 3 is 1.04 bits per heavy atom. The van der Waals surface area contributed by atoms with Gasteiger partial charge in [0.05, 0.1) is 39.9 Å². The number of nitrogens with zero attached hydrogens (tertiary/aromatic N) is 1. The third kappa shape index (κ3) is 64.3. The van der Waals surface area contributed by atoms with Crippen molar-refractivity contribution < 1.29 is 32.9 Å². The Labute approximate surface area is 499 Å². The van der Waals surface area contributed by atoms with E-state index in [1.165, 1.54) is 295 Å². The number of hydrogen-bond acceptors (Lipinski definition) is 6. The van der Waals surface area contributed by atoms with Gasteiger partial charge in [-0.2, -0.15) is 0 Å². The molecule has 3 unspecified atom stereocenters. The average molecular weight is 1150 g/mol. The minimum Gasteiger partial charge on any atom is -0.756 e. The number of phosphoric acid groups is 1. The van der Waals surface area contributed by atoms with Crippen LogP contribution in [-0.4, -0.2) is 68.5 Å². The number of amides is 1. The summed E-state index contributed by atoms with van der Waals surface area (Å²) in [5.74, 6) is -0.191. The summed E-state index contributed by atoms with van der Waals surface area (Å²) in [7, 11) is 1.28. The van der Waals surface area contributed by atoms with Crippen LogP contribution < -0.4 is 10.2 Å². The molecule has 8 nitrogen and oxygen atoms in total. The lowest BCUT2D eigenvalue weighted by atomic mass is 10.0. The van der Waals surface area contributed by atoms with Gasteiger partial charge in [0.15, 0.2) is 0 Å². The molecule has 0 aliphatic rings. The van der Waals surface area contributed by atoms with Crippen molar-refractivity contribution in [3.05, 3.63) is 36.5 Å². The topological polar surface area (TPSA) is 108 Å². The van der Waals surface area contributed by atoms with Gasteiger partial charge in [0.1, 0.15) is 13.2 Å². The molecule has 0 aliphatic carbocycles. The normalized spacial score (nSPS) is 13.8. The number of rotatable bonds is 66. The molecule has 0 aromatic rings. The van der Waals surface area contributed by atoms with E-state index in [1.807, 2.05) is 27.2 Å². The van der Waals surface area contributed by atoms with Gasteiger partial charge in [-0.1, -0.05) is 339 Å². The molecule has 0 saturated heterocycles. The number of carbonyl (C=O) groups is 1. The Morgan fingerprint density at radius 2 is 0.725 bits per heavy atom. The van der Waals surface area contributed by atoms with Gasteiger partial charge in [0.25, 0.3) is 7.82 Å². The molecule has 80 heavy (non-hydrogen) atoms. The SMILES string of the molecule is CCCCCCCCCCC/C=C\C/C=C\CCCCCCCCCCCCCCCCCCCC(=O)NC(COP(=O)([O-])OCC[N+](C)(C)C)C(O)/C=C/CCCCCCCCCCCCCCCCCCCCCCCCC. The zero-order valence-corrected chi connectivity index (χ0v) is 55.2. The first-order valence-electron chi connectivity index (χ1n) is 35.4. The fourth-order valence-corrected chi connectivity index (χ4v) is 11.6. The molecule has 0 spiro atoms. The maximum absolute atomic E-state index is 13.0. The smallest absolute Gasteiger partial charge is 0.268 e. The number of likely N-dealkylation sites (N-methyl/N-ethyl adjacent to an activating group) is 1. The van der Waals surface area contributed by atoms with E-state index in [9.17, 15) is 19.4 Å². The molecule has 0 heterocycles. The Kier molecular flexibility index (Phi) is 61.3. The van der Waals surface area contributed by atoms with Crippen LogP contribution >= 0.6 is 7.82 Å². The van der Waals surface area contributed by atoms with Gasteiger partial charge < -0.3 is 28.8 Å². The summed E-state index contributed by atoms with van der Waals surface area (Å²) in [6, 6.07) is -0.887. The fraction of sp³-hybridized carbons (Fsp3) is 0.901. The number of carbonyl (C=O) groups excluding carboxylic acids is 1. The van der Waals surface area contributed by atoms with Gasteiger partial charge in [0.2, 0.25) is 5.91 Å². The largest absolute Gasteiger partial charge is 0.756 e. The molecule has 0 saturated carbocycles. The van der Waals surface area contributed by atoms with E-state index in [2.05, 4.69) is 43.5 Å². The highest BCUT2D eigenvalue weighted by molar-refractivity contribution is 7.45. The summed E-state index contributed by atoms with van der Waals surface area (Å²) in [5, 5.41) is 14.0. The minimum atomic E-state index is -4.60. The molecule has 9 heteroatoms. The van der Waals surface area contributed by atoms with Crippen LogP contribution in [0.1, 0.15) is 361 Å². The number of aliphatic hydroxyl groups is 1. The zero-order valence-electron chi connectivity index (χ0n) is 54.3. The Morgan fingerprint density at radius 1 is 0.438 bits per heavy atom. The Hall–Kier alpha value is -1.28. The van der Waals surface area contributed by atoms with Crippen LogP contribution in [-0.2, 0) is 18.4 Å². The summed E-state index contributed by atoms with van der Waals surface area (Å²) in [6.07, 6.45) is 82.7. The van der Waals surface area contributed by atoms with Gasteiger partial charge in [-0.05, 0) is 51.4 Å². The number of unbranched alkanes of at least 4 members (excludes halogenated alkanes) is 49. The Bertz CT molecular complexity index is 1400. The van der Waals surface area contributed by atoms with Crippen LogP contribution in [0.5, 0.6) is 0 Å². The number of quaternary nitrogens is 1.